The number of ether oxygens (including phenoxy) is 1. The van der Waals surface area contributed by atoms with Crippen molar-refractivity contribution in [1.82, 2.24) is 5.32 Å². The van der Waals surface area contributed by atoms with Crippen LogP contribution in [0.4, 0.5) is 0 Å². The zero-order valence-electron chi connectivity index (χ0n) is 6.64. The second kappa shape index (κ2) is 2.29. The van der Waals surface area contributed by atoms with Crippen LogP contribution in [0.25, 0.3) is 0 Å². The number of rotatable bonds is 0. The molecule has 0 fully saturated rings. The standard InChI is InChI=1S/C8H6N4O/c1-2-13-6-3-5-7(11-4-10-5)12-8(6)9-1/h1-5H,(H,9,10,11,12). The third-order valence-electron chi connectivity index (χ3n) is 1.93. The molecule has 64 valence electrons. The molecule has 5 nitrogen and oxygen atoms in total. The maximum Gasteiger partial charge on any atom is 0.175 e. The Morgan fingerprint density at radius 1 is 1.46 bits per heavy atom. The molecule has 1 atom stereocenters. The first kappa shape index (κ1) is 6.59. The quantitative estimate of drug-likeness (QED) is 0.569. The summed E-state index contributed by atoms with van der Waals surface area (Å²) in [5, 5.41) is 2.97. The van der Waals surface area contributed by atoms with Gasteiger partial charge >= 0.3 is 0 Å². The van der Waals surface area contributed by atoms with Crippen LogP contribution in [0, 0.1) is 0 Å². The molecule has 0 amide bonds. The number of dihydropyridines is 1. The first-order valence-corrected chi connectivity index (χ1v) is 3.92. The molecule has 0 aliphatic carbocycles. The molecule has 0 spiro atoms. The van der Waals surface area contributed by atoms with E-state index in [1.54, 1.807) is 12.5 Å². The number of fused-ring (bicyclic) bond motifs is 2. The summed E-state index contributed by atoms with van der Waals surface area (Å²) in [5.74, 6) is 2.12. The smallest absolute Gasteiger partial charge is 0.175 e. The van der Waals surface area contributed by atoms with Crippen molar-refractivity contribution in [2.45, 2.75) is 6.04 Å². The van der Waals surface area contributed by atoms with Crippen molar-refractivity contribution in [3.63, 3.8) is 0 Å². The summed E-state index contributed by atoms with van der Waals surface area (Å²) < 4.78 is 5.25. The fourth-order valence-electron chi connectivity index (χ4n) is 1.33. The fourth-order valence-corrected chi connectivity index (χ4v) is 1.33. The molecule has 0 bridgehead atoms. The first-order chi connectivity index (χ1) is 6.43. The number of aliphatic imine (C=N–C) groups is 3. The van der Waals surface area contributed by atoms with Crippen LogP contribution in [0.2, 0.25) is 0 Å². The zero-order chi connectivity index (χ0) is 8.67. The minimum absolute atomic E-state index is 0.0629. The maximum absolute atomic E-state index is 5.25. The summed E-state index contributed by atoms with van der Waals surface area (Å²) in [4.78, 5) is 12.4. The summed E-state index contributed by atoms with van der Waals surface area (Å²) in [6.45, 7) is 0. The van der Waals surface area contributed by atoms with E-state index < -0.39 is 0 Å². The number of nitrogens with zero attached hydrogens (tertiary/aromatic N) is 3. The minimum Gasteiger partial charge on any atom is -0.460 e. The third kappa shape index (κ3) is 0.900. The van der Waals surface area contributed by atoms with Crippen LogP contribution in [0.1, 0.15) is 0 Å². The minimum atomic E-state index is -0.0629. The molecule has 0 aromatic carbocycles. The van der Waals surface area contributed by atoms with Crippen molar-refractivity contribution in [2.75, 3.05) is 0 Å². The van der Waals surface area contributed by atoms with Gasteiger partial charge in [0.2, 0.25) is 0 Å². The van der Waals surface area contributed by atoms with Crippen molar-refractivity contribution in [3.8, 4) is 0 Å². The van der Waals surface area contributed by atoms with Gasteiger partial charge in [0.15, 0.2) is 17.4 Å². The highest BCUT2D eigenvalue weighted by Gasteiger charge is 2.25. The highest BCUT2D eigenvalue weighted by Crippen LogP contribution is 2.17. The van der Waals surface area contributed by atoms with Crippen molar-refractivity contribution in [1.29, 1.82) is 0 Å². The molecular weight excluding hydrogens is 168 g/mol. The molecule has 3 heterocycles. The second-order valence-electron chi connectivity index (χ2n) is 2.75. The van der Waals surface area contributed by atoms with Crippen LogP contribution >= 0.6 is 0 Å². The van der Waals surface area contributed by atoms with Gasteiger partial charge in [-0.05, 0) is 6.08 Å². The van der Waals surface area contributed by atoms with Crippen molar-refractivity contribution >= 4 is 18.0 Å². The molecule has 0 saturated heterocycles. The maximum atomic E-state index is 5.25. The van der Waals surface area contributed by atoms with Crippen LogP contribution in [0.5, 0.6) is 0 Å². The van der Waals surface area contributed by atoms with Crippen LogP contribution in [-0.2, 0) is 4.74 Å². The number of hydrogen-bond acceptors (Lipinski definition) is 5. The Balaban J connectivity index is 2.07. The molecule has 5 heteroatoms. The Bertz CT molecular complexity index is 402. The van der Waals surface area contributed by atoms with Gasteiger partial charge in [-0.1, -0.05) is 0 Å². The van der Waals surface area contributed by atoms with E-state index in [1.165, 1.54) is 6.34 Å². The predicted octanol–water partition coefficient (Wildman–Crippen LogP) is 0.182. The summed E-state index contributed by atoms with van der Waals surface area (Å²) in [6.07, 6.45) is 6.67. The van der Waals surface area contributed by atoms with Crippen LogP contribution in [-0.4, -0.2) is 24.1 Å². The van der Waals surface area contributed by atoms with E-state index in [9.17, 15) is 0 Å². The molecule has 0 radical (unpaired) electrons. The molecule has 3 rings (SSSR count). The average molecular weight is 174 g/mol. The lowest BCUT2D eigenvalue weighted by molar-refractivity contribution is 0.362. The summed E-state index contributed by atoms with van der Waals surface area (Å²) in [6, 6.07) is -0.0629. The Kier molecular flexibility index (Phi) is 1.16. The van der Waals surface area contributed by atoms with Gasteiger partial charge in [0.1, 0.15) is 18.6 Å². The molecule has 1 unspecified atom stereocenters. The van der Waals surface area contributed by atoms with E-state index in [0.29, 0.717) is 17.4 Å². The topological polar surface area (TPSA) is 58.3 Å². The van der Waals surface area contributed by atoms with Crippen LogP contribution < -0.4 is 5.32 Å². The average Bonchev–Trinajstić information content (AvgIpc) is 2.61. The van der Waals surface area contributed by atoms with Gasteiger partial charge in [-0.25, -0.2) is 9.98 Å². The van der Waals surface area contributed by atoms with E-state index in [2.05, 4.69) is 20.3 Å². The summed E-state index contributed by atoms with van der Waals surface area (Å²) in [7, 11) is 0. The Hall–Kier alpha value is -1.91. The van der Waals surface area contributed by atoms with Gasteiger partial charge in [-0.3, -0.25) is 4.99 Å². The monoisotopic (exact) mass is 174 g/mol. The van der Waals surface area contributed by atoms with Crippen molar-refractivity contribution in [3.05, 3.63) is 24.3 Å². The normalized spacial score (nSPS) is 27.7. The molecule has 0 aromatic rings. The lowest BCUT2D eigenvalue weighted by Crippen LogP contribution is -2.31. The van der Waals surface area contributed by atoms with Crippen molar-refractivity contribution in [2.24, 2.45) is 15.0 Å². The van der Waals surface area contributed by atoms with E-state index in [1.807, 2.05) is 6.08 Å². The third-order valence-corrected chi connectivity index (χ3v) is 1.93. The summed E-state index contributed by atoms with van der Waals surface area (Å²) in [5.41, 5.74) is 0. The molecular formula is C8H6N4O. The summed E-state index contributed by atoms with van der Waals surface area (Å²) >= 11 is 0. The van der Waals surface area contributed by atoms with E-state index in [-0.39, 0.29) is 6.04 Å². The van der Waals surface area contributed by atoms with Crippen LogP contribution in [0.3, 0.4) is 0 Å². The van der Waals surface area contributed by atoms with Gasteiger partial charge in [0.25, 0.3) is 0 Å². The van der Waals surface area contributed by atoms with Crippen LogP contribution in [0.15, 0.2) is 39.3 Å². The van der Waals surface area contributed by atoms with Gasteiger partial charge < -0.3 is 10.1 Å². The largest absolute Gasteiger partial charge is 0.460 e. The Morgan fingerprint density at radius 3 is 3.46 bits per heavy atom. The first-order valence-electron chi connectivity index (χ1n) is 3.92. The van der Waals surface area contributed by atoms with Crippen molar-refractivity contribution < 1.29 is 4.74 Å². The van der Waals surface area contributed by atoms with Gasteiger partial charge in [0, 0.05) is 6.20 Å². The van der Waals surface area contributed by atoms with Gasteiger partial charge in [-0.15, -0.1) is 0 Å². The van der Waals surface area contributed by atoms with E-state index in [0.717, 1.165) is 0 Å². The number of amidine groups is 2. The van der Waals surface area contributed by atoms with E-state index in [4.69, 9.17) is 4.74 Å². The fraction of sp³-hybridized carbons (Fsp3) is 0.125. The molecule has 13 heavy (non-hydrogen) atoms. The number of nitrogens with one attached hydrogen (secondary N) is 1. The second-order valence-corrected chi connectivity index (χ2v) is 2.75. The molecule has 0 saturated carbocycles. The lowest BCUT2D eigenvalue weighted by atomic mass is 10.2. The van der Waals surface area contributed by atoms with Gasteiger partial charge in [-0.2, -0.15) is 0 Å². The molecule has 0 aromatic heterocycles. The highest BCUT2D eigenvalue weighted by molar-refractivity contribution is 6.13. The zero-order valence-corrected chi connectivity index (χ0v) is 6.64. The predicted molar refractivity (Wildman–Crippen MR) is 48.6 cm³/mol. The molecule has 3 aliphatic rings. The highest BCUT2D eigenvalue weighted by atomic mass is 16.5. The van der Waals surface area contributed by atoms with Gasteiger partial charge in [0.05, 0.1) is 0 Å². The lowest BCUT2D eigenvalue weighted by Gasteiger charge is -2.19. The SMILES string of the molecule is C1=COC2=CC3N=CN=C3N=C2N1. The Labute approximate surface area is 74.2 Å². The molecule has 1 N–H and O–H groups in total. The Morgan fingerprint density at radius 2 is 2.46 bits per heavy atom. The molecule has 3 aliphatic heterocycles. The van der Waals surface area contributed by atoms with E-state index >= 15 is 0 Å². The number of hydrogen-bond donors (Lipinski definition) is 1.